The summed E-state index contributed by atoms with van der Waals surface area (Å²) in [6, 6.07) is 10.5. The Morgan fingerprint density at radius 3 is 2.81 bits per heavy atom. The second-order valence-corrected chi connectivity index (χ2v) is 5.02. The summed E-state index contributed by atoms with van der Waals surface area (Å²) >= 11 is 4.46. The highest BCUT2D eigenvalue weighted by Crippen LogP contribution is 2.13. The number of rotatable bonds is 5. The zero-order valence-corrected chi connectivity index (χ0v) is 10.4. The van der Waals surface area contributed by atoms with Gasteiger partial charge in [0.25, 0.3) is 0 Å². The molecule has 0 radical (unpaired) electrons. The standard InChI is InChI=1S/C13H19NOS/c16-13-6-8-14(10-13)11-15-9-7-12-4-2-1-3-5-12/h1-5,13,16H,6-11H2. The van der Waals surface area contributed by atoms with Crippen molar-refractivity contribution in [1.29, 1.82) is 0 Å². The molecule has 1 aliphatic rings. The smallest absolute Gasteiger partial charge is 0.0990 e. The van der Waals surface area contributed by atoms with E-state index in [9.17, 15) is 0 Å². The van der Waals surface area contributed by atoms with Crippen molar-refractivity contribution < 1.29 is 4.74 Å². The van der Waals surface area contributed by atoms with Gasteiger partial charge in [0.05, 0.1) is 13.3 Å². The van der Waals surface area contributed by atoms with Gasteiger partial charge in [-0.2, -0.15) is 12.6 Å². The molecular weight excluding hydrogens is 218 g/mol. The predicted octanol–water partition coefficient (Wildman–Crippen LogP) is 2.21. The molecule has 16 heavy (non-hydrogen) atoms. The molecule has 3 heteroatoms. The lowest BCUT2D eigenvalue weighted by molar-refractivity contribution is 0.0438. The van der Waals surface area contributed by atoms with E-state index in [1.807, 2.05) is 6.07 Å². The summed E-state index contributed by atoms with van der Waals surface area (Å²) < 4.78 is 5.66. The Morgan fingerprint density at radius 1 is 1.31 bits per heavy atom. The molecule has 88 valence electrons. The monoisotopic (exact) mass is 237 g/mol. The van der Waals surface area contributed by atoms with E-state index in [1.54, 1.807) is 0 Å². The predicted molar refractivity (Wildman–Crippen MR) is 69.9 cm³/mol. The fraction of sp³-hybridized carbons (Fsp3) is 0.538. The number of likely N-dealkylation sites (tertiary alicyclic amines) is 1. The minimum atomic E-state index is 0.540. The maximum atomic E-state index is 5.66. The lowest BCUT2D eigenvalue weighted by atomic mass is 10.2. The molecule has 0 aliphatic carbocycles. The first-order chi connectivity index (χ1) is 7.84. The largest absolute Gasteiger partial charge is 0.366 e. The van der Waals surface area contributed by atoms with Crippen LogP contribution in [0.3, 0.4) is 0 Å². The molecule has 1 fully saturated rings. The van der Waals surface area contributed by atoms with Gasteiger partial charge in [-0.15, -0.1) is 0 Å². The first kappa shape index (κ1) is 12.0. The third-order valence-corrected chi connectivity index (χ3v) is 3.32. The summed E-state index contributed by atoms with van der Waals surface area (Å²) in [5, 5.41) is 0.540. The summed E-state index contributed by atoms with van der Waals surface area (Å²) in [6.45, 7) is 3.75. The maximum Gasteiger partial charge on any atom is 0.0990 e. The number of hydrogen-bond donors (Lipinski definition) is 1. The average molecular weight is 237 g/mol. The zero-order valence-electron chi connectivity index (χ0n) is 9.51. The normalized spacial score (nSPS) is 21.4. The number of nitrogens with zero attached hydrogens (tertiary/aromatic N) is 1. The zero-order chi connectivity index (χ0) is 11.2. The van der Waals surface area contributed by atoms with Crippen molar-refractivity contribution >= 4 is 12.6 Å². The Bertz CT molecular complexity index is 304. The minimum Gasteiger partial charge on any atom is -0.366 e. The molecule has 1 aromatic carbocycles. The quantitative estimate of drug-likeness (QED) is 0.622. The molecule has 2 nitrogen and oxygen atoms in total. The van der Waals surface area contributed by atoms with Crippen LogP contribution in [-0.4, -0.2) is 36.6 Å². The Labute approximate surface area is 103 Å². The summed E-state index contributed by atoms with van der Waals surface area (Å²) in [7, 11) is 0. The molecule has 0 spiro atoms. The summed E-state index contributed by atoms with van der Waals surface area (Å²) in [5.74, 6) is 0. The average Bonchev–Trinajstić information content (AvgIpc) is 2.72. The topological polar surface area (TPSA) is 12.5 Å². The van der Waals surface area contributed by atoms with Gasteiger partial charge >= 0.3 is 0 Å². The fourth-order valence-corrected chi connectivity index (χ4v) is 2.30. The van der Waals surface area contributed by atoms with E-state index in [2.05, 4.69) is 41.8 Å². The van der Waals surface area contributed by atoms with E-state index in [1.165, 1.54) is 12.0 Å². The van der Waals surface area contributed by atoms with Crippen LogP contribution < -0.4 is 0 Å². The van der Waals surface area contributed by atoms with Crippen LogP contribution in [0.5, 0.6) is 0 Å². The van der Waals surface area contributed by atoms with Gasteiger partial charge < -0.3 is 4.74 Å². The molecule has 1 atom stereocenters. The Kier molecular flexibility index (Phi) is 4.69. The first-order valence-corrected chi connectivity index (χ1v) is 6.38. The molecular formula is C13H19NOS. The fourth-order valence-electron chi connectivity index (χ4n) is 1.96. The molecule has 1 heterocycles. The van der Waals surface area contributed by atoms with Gasteiger partial charge in [-0.1, -0.05) is 30.3 Å². The van der Waals surface area contributed by atoms with Crippen LogP contribution in [0, 0.1) is 0 Å². The van der Waals surface area contributed by atoms with Crippen LogP contribution in [-0.2, 0) is 11.2 Å². The molecule has 0 amide bonds. The molecule has 1 aliphatic heterocycles. The molecule has 1 unspecified atom stereocenters. The van der Waals surface area contributed by atoms with E-state index in [-0.39, 0.29) is 0 Å². The van der Waals surface area contributed by atoms with Gasteiger partial charge in [-0.05, 0) is 18.4 Å². The van der Waals surface area contributed by atoms with Gasteiger partial charge in [0.2, 0.25) is 0 Å². The number of thiol groups is 1. The summed E-state index contributed by atoms with van der Waals surface area (Å²) in [6.07, 6.45) is 2.18. The lowest BCUT2D eigenvalue weighted by Gasteiger charge is -2.15. The van der Waals surface area contributed by atoms with Crippen molar-refractivity contribution in [2.75, 3.05) is 26.4 Å². The second-order valence-electron chi connectivity index (χ2n) is 4.29. The SMILES string of the molecule is SC1CCN(COCCc2ccccc2)C1. The molecule has 1 aromatic rings. The third kappa shape index (κ3) is 3.81. The number of benzene rings is 1. The van der Waals surface area contributed by atoms with Gasteiger partial charge in [-0.25, -0.2) is 0 Å². The van der Waals surface area contributed by atoms with Crippen LogP contribution in [0.1, 0.15) is 12.0 Å². The molecule has 2 rings (SSSR count). The first-order valence-electron chi connectivity index (χ1n) is 5.86. The van der Waals surface area contributed by atoms with Crippen molar-refractivity contribution in [3.63, 3.8) is 0 Å². The van der Waals surface area contributed by atoms with Gasteiger partial charge in [0, 0.05) is 18.3 Å². The van der Waals surface area contributed by atoms with E-state index >= 15 is 0 Å². The lowest BCUT2D eigenvalue weighted by Crippen LogP contribution is -2.24. The maximum absolute atomic E-state index is 5.66. The van der Waals surface area contributed by atoms with Crippen LogP contribution in [0.4, 0.5) is 0 Å². The molecule has 0 saturated carbocycles. The van der Waals surface area contributed by atoms with Crippen molar-refractivity contribution in [2.24, 2.45) is 0 Å². The van der Waals surface area contributed by atoms with Crippen LogP contribution in [0.15, 0.2) is 30.3 Å². The van der Waals surface area contributed by atoms with E-state index < -0.39 is 0 Å². The third-order valence-electron chi connectivity index (χ3n) is 2.90. The van der Waals surface area contributed by atoms with Crippen molar-refractivity contribution in [2.45, 2.75) is 18.1 Å². The van der Waals surface area contributed by atoms with Crippen LogP contribution >= 0.6 is 12.6 Å². The minimum absolute atomic E-state index is 0.540. The van der Waals surface area contributed by atoms with Crippen molar-refractivity contribution in [3.05, 3.63) is 35.9 Å². The number of hydrogen-bond acceptors (Lipinski definition) is 3. The Hall–Kier alpha value is -0.510. The van der Waals surface area contributed by atoms with Crippen LogP contribution in [0.2, 0.25) is 0 Å². The molecule has 0 aromatic heterocycles. The van der Waals surface area contributed by atoms with Crippen molar-refractivity contribution in [3.8, 4) is 0 Å². The highest BCUT2D eigenvalue weighted by atomic mass is 32.1. The second kappa shape index (κ2) is 6.28. The van der Waals surface area contributed by atoms with Gasteiger partial charge in [-0.3, -0.25) is 4.90 Å². The highest BCUT2D eigenvalue weighted by Gasteiger charge is 2.18. The Morgan fingerprint density at radius 2 is 2.12 bits per heavy atom. The molecule has 1 saturated heterocycles. The van der Waals surface area contributed by atoms with Crippen LogP contribution in [0.25, 0.3) is 0 Å². The number of ether oxygens (including phenoxy) is 1. The molecule has 0 bridgehead atoms. The summed E-state index contributed by atoms with van der Waals surface area (Å²) in [4.78, 5) is 2.32. The van der Waals surface area contributed by atoms with Crippen molar-refractivity contribution in [1.82, 2.24) is 4.90 Å². The summed E-state index contributed by atoms with van der Waals surface area (Å²) in [5.41, 5.74) is 1.34. The molecule has 0 N–H and O–H groups in total. The van der Waals surface area contributed by atoms with Gasteiger partial charge in [0.15, 0.2) is 0 Å². The van der Waals surface area contributed by atoms with E-state index in [0.717, 1.165) is 32.8 Å². The van der Waals surface area contributed by atoms with E-state index in [4.69, 9.17) is 4.74 Å². The Balaban J connectivity index is 1.59. The van der Waals surface area contributed by atoms with Gasteiger partial charge in [0.1, 0.15) is 0 Å². The highest BCUT2D eigenvalue weighted by molar-refractivity contribution is 7.81. The van der Waals surface area contributed by atoms with E-state index in [0.29, 0.717) is 5.25 Å².